The number of nitrogens with zero attached hydrogens (tertiary/aromatic N) is 1. The van der Waals surface area contributed by atoms with Gasteiger partial charge in [-0.3, -0.25) is 0 Å². The quantitative estimate of drug-likeness (QED) is 0.658. The van der Waals surface area contributed by atoms with Crippen molar-refractivity contribution in [2.24, 2.45) is 28.6 Å². The van der Waals surface area contributed by atoms with Crippen LogP contribution in [0.15, 0.2) is 5.10 Å². The average Bonchev–Trinajstić information content (AvgIpc) is 2.27. The summed E-state index contributed by atoms with van der Waals surface area (Å²) in [5.74, 6) is 1.87. The summed E-state index contributed by atoms with van der Waals surface area (Å²) in [6.07, 6.45) is 7.72. The highest BCUT2D eigenvalue weighted by Gasteiger charge is 2.35. The van der Waals surface area contributed by atoms with Crippen LogP contribution >= 0.6 is 0 Å². The fourth-order valence-electron chi connectivity index (χ4n) is 3.23. The van der Waals surface area contributed by atoms with E-state index in [1.54, 1.807) is 0 Å². The summed E-state index contributed by atoms with van der Waals surface area (Å²) in [5, 5.41) is 4.24. The molecule has 4 nitrogen and oxygen atoms in total. The Bertz CT molecular complexity index is 301. The van der Waals surface area contributed by atoms with E-state index in [4.69, 9.17) is 5.73 Å². The van der Waals surface area contributed by atoms with Gasteiger partial charge in [0, 0.05) is 11.6 Å². The molecule has 3 N–H and O–H groups in total. The summed E-state index contributed by atoms with van der Waals surface area (Å²) < 4.78 is 0. The Morgan fingerprint density at radius 2 is 2.06 bits per heavy atom. The molecule has 2 aliphatic carbocycles. The summed E-state index contributed by atoms with van der Waals surface area (Å²) in [5.41, 5.74) is 8.65. The molecule has 0 aromatic rings. The molecule has 0 unspecified atom stereocenters. The number of nitrogens with one attached hydrogen (secondary N) is 1. The molecule has 2 saturated carbocycles. The van der Waals surface area contributed by atoms with Gasteiger partial charge < -0.3 is 5.73 Å². The van der Waals surface area contributed by atoms with Gasteiger partial charge in [-0.25, -0.2) is 10.2 Å². The minimum atomic E-state index is -0.558. The van der Waals surface area contributed by atoms with E-state index in [9.17, 15) is 4.79 Å². The van der Waals surface area contributed by atoms with Crippen molar-refractivity contribution in [1.82, 2.24) is 5.43 Å². The van der Waals surface area contributed by atoms with Gasteiger partial charge in [0.1, 0.15) is 0 Å². The van der Waals surface area contributed by atoms with E-state index in [2.05, 4.69) is 17.5 Å². The van der Waals surface area contributed by atoms with Crippen molar-refractivity contribution in [3.63, 3.8) is 0 Å². The molecule has 3 atom stereocenters. The Morgan fingerprint density at radius 1 is 1.31 bits per heavy atom. The number of hydrazone groups is 1. The number of hydrogen-bond donors (Lipinski definition) is 2. The van der Waals surface area contributed by atoms with Gasteiger partial charge in [0.05, 0.1) is 0 Å². The van der Waals surface area contributed by atoms with Gasteiger partial charge in [0.2, 0.25) is 0 Å². The Kier molecular flexibility index (Phi) is 3.46. The number of rotatable bonds is 1. The fourth-order valence-corrected chi connectivity index (χ4v) is 3.23. The molecule has 0 saturated heterocycles. The second kappa shape index (κ2) is 4.85. The van der Waals surface area contributed by atoms with Crippen LogP contribution in [-0.2, 0) is 0 Å². The normalized spacial score (nSPS) is 36.8. The van der Waals surface area contributed by atoms with E-state index >= 15 is 0 Å². The molecule has 0 aliphatic heterocycles. The first-order valence-electron chi connectivity index (χ1n) is 6.31. The molecule has 2 aliphatic rings. The lowest BCUT2D eigenvalue weighted by atomic mass is 9.67. The molecule has 0 radical (unpaired) electrons. The number of fused-ring (bicyclic) bond motifs is 1. The molecule has 0 aromatic carbocycles. The maximum Gasteiger partial charge on any atom is 0.332 e. The minimum Gasteiger partial charge on any atom is -0.350 e. The number of urea groups is 1. The van der Waals surface area contributed by atoms with Crippen LogP contribution in [0.3, 0.4) is 0 Å². The lowest BCUT2D eigenvalue weighted by Crippen LogP contribution is -2.38. The predicted molar refractivity (Wildman–Crippen MR) is 64.0 cm³/mol. The predicted octanol–water partition coefficient (Wildman–Crippen LogP) is 2.25. The molecule has 0 spiro atoms. The summed E-state index contributed by atoms with van der Waals surface area (Å²) in [6, 6.07) is -0.558. The molecule has 2 fully saturated rings. The van der Waals surface area contributed by atoms with Gasteiger partial charge >= 0.3 is 6.03 Å². The van der Waals surface area contributed by atoms with Gasteiger partial charge in [-0.15, -0.1) is 0 Å². The van der Waals surface area contributed by atoms with Gasteiger partial charge in [0.25, 0.3) is 0 Å². The van der Waals surface area contributed by atoms with E-state index in [1.165, 1.54) is 44.2 Å². The Morgan fingerprint density at radius 3 is 2.81 bits per heavy atom. The van der Waals surface area contributed by atoms with Gasteiger partial charge in [-0.05, 0) is 37.5 Å². The average molecular weight is 223 g/mol. The molecular formula is C12H21N3O. The molecule has 2 rings (SSSR count). The van der Waals surface area contributed by atoms with Gasteiger partial charge in [-0.1, -0.05) is 19.8 Å². The lowest BCUT2D eigenvalue weighted by Gasteiger charge is -2.39. The summed E-state index contributed by atoms with van der Waals surface area (Å²) in [6.45, 7) is 2.20. The third kappa shape index (κ3) is 2.36. The van der Waals surface area contributed by atoms with E-state index in [-0.39, 0.29) is 0 Å². The third-order valence-corrected chi connectivity index (χ3v) is 4.06. The van der Waals surface area contributed by atoms with Crippen LogP contribution in [0.1, 0.15) is 45.4 Å². The summed E-state index contributed by atoms with van der Waals surface area (Å²) in [4.78, 5) is 10.7. The van der Waals surface area contributed by atoms with E-state index in [0.29, 0.717) is 11.8 Å². The Balaban J connectivity index is 2.11. The zero-order valence-corrected chi connectivity index (χ0v) is 9.91. The van der Waals surface area contributed by atoms with Gasteiger partial charge in [0.15, 0.2) is 0 Å². The Hall–Kier alpha value is -1.06. The molecule has 2 amide bonds. The number of amides is 2. The van der Waals surface area contributed by atoms with Crippen molar-refractivity contribution >= 4 is 11.7 Å². The SMILES string of the molecule is C[C@H]1CC[C@@H]2CCCC[C@@H]2/C1=N/NC(N)=O. The fraction of sp³-hybridized carbons (Fsp3) is 0.833. The van der Waals surface area contributed by atoms with Crippen molar-refractivity contribution < 1.29 is 4.79 Å². The number of carbonyl (C=O) groups is 1. The smallest absolute Gasteiger partial charge is 0.332 e. The topological polar surface area (TPSA) is 67.5 Å². The highest BCUT2D eigenvalue weighted by Crippen LogP contribution is 2.40. The van der Waals surface area contributed by atoms with Crippen molar-refractivity contribution in [2.45, 2.75) is 45.4 Å². The molecule has 0 bridgehead atoms. The van der Waals surface area contributed by atoms with E-state index < -0.39 is 6.03 Å². The van der Waals surface area contributed by atoms with E-state index in [0.717, 1.165) is 5.92 Å². The first kappa shape index (κ1) is 11.4. The summed E-state index contributed by atoms with van der Waals surface area (Å²) in [7, 11) is 0. The molecule has 16 heavy (non-hydrogen) atoms. The van der Waals surface area contributed by atoms with Crippen LogP contribution in [0.25, 0.3) is 0 Å². The molecular weight excluding hydrogens is 202 g/mol. The first-order chi connectivity index (χ1) is 7.68. The highest BCUT2D eigenvalue weighted by atomic mass is 16.2. The summed E-state index contributed by atoms with van der Waals surface area (Å²) >= 11 is 0. The van der Waals surface area contributed by atoms with Crippen LogP contribution in [0, 0.1) is 17.8 Å². The van der Waals surface area contributed by atoms with Crippen LogP contribution in [0.5, 0.6) is 0 Å². The second-order valence-corrected chi connectivity index (χ2v) is 5.14. The maximum atomic E-state index is 10.7. The van der Waals surface area contributed by atoms with Gasteiger partial charge in [-0.2, -0.15) is 5.10 Å². The third-order valence-electron chi connectivity index (χ3n) is 4.06. The zero-order valence-electron chi connectivity index (χ0n) is 9.91. The van der Waals surface area contributed by atoms with Crippen molar-refractivity contribution in [2.75, 3.05) is 0 Å². The first-order valence-corrected chi connectivity index (χ1v) is 6.31. The van der Waals surface area contributed by atoms with Crippen LogP contribution in [0.4, 0.5) is 4.79 Å². The molecule has 4 heteroatoms. The molecule has 0 heterocycles. The lowest BCUT2D eigenvalue weighted by molar-refractivity contribution is 0.239. The zero-order chi connectivity index (χ0) is 11.5. The highest BCUT2D eigenvalue weighted by molar-refractivity contribution is 5.90. The van der Waals surface area contributed by atoms with Crippen LogP contribution < -0.4 is 11.2 Å². The van der Waals surface area contributed by atoms with Crippen LogP contribution in [0.2, 0.25) is 0 Å². The van der Waals surface area contributed by atoms with Crippen molar-refractivity contribution in [3.05, 3.63) is 0 Å². The van der Waals surface area contributed by atoms with E-state index in [1.807, 2.05) is 0 Å². The molecule has 0 aromatic heterocycles. The Labute approximate surface area is 96.7 Å². The largest absolute Gasteiger partial charge is 0.350 e. The maximum absolute atomic E-state index is 10.7. The monoisotopic (exact) mass is 223 g/mol. The number of primary amides is 1. The number of carbonyl (C=O) groups excluding carboxylic acids is 1. The number of nitrogens with two attached hydrogens (primary N) is 1. The number of hydrogen-bond acceptors (Lipinski definition) is 2. The van der Waals surface area contributed by atoms with Crippen LogP contribution in [-0.4, -0.2) is 11.7 Å². The van der Waals surface area contributed by atoms with Crippen molar-refractivity contribution in [1.29, 1.82) is 0 Å². The standard InChI is InChI=1S/C12H21N3O/c1-8-6-7-9-4-2-3-5-10(9)11(8)14-15-12(13)16/h8-10H,2-7H2,1H3,(H3,13,15,16)/b14-11+/t8-,9-,10-/m0/s1. The minimum absolute atomic E-state index is 0.492. The molecule has 90 valence electrons. The second-order valence-electron chi connectivity index (χ2n) is 5.14. The van der Waals surface area contributed by atoms with Crippen molar-refractivity contribution in [3.8, 4) is 0 Å².